The molecule has 1 N–H and O–H groups in total. The van der Waals surface area contributed by atoms with Crippen LogP contribution in [0.1, 0.15) is 57.7 Å². The van der Waals surface area contributed by atoms with Gasteiger partial charge in [0.2, 0.25) is 5.91 Å². The van der Waals surface area contributed by atoms with Gasteiger partial charge in [0, 0.05) is 38.9 Å². The Labute approximate surface area is 209 Å². The van der Waals surface area contributed by atoms with Gasteiger partial charge in [-0.3, -0.25) is 14.5 Å². The Kier molecular flexibility index (Phi) is 6.56. The molecule has 0 spiro atoms. The summed E-state index contributed by atoms with van der Waals surface area (Å²) in [5.41, 5.74) is 2.66. The normalized spacial score (nSPS) is 35.9. The SMILES string of the molecule is CC(=O)O[C@@H]1[CH][C@@]2(O)[C@H](C)CC[C@@H](C(C)CN3CC(=O)N4CCc5ccccc5C4C3)[C@H]2C=C1C. The van der Waals surface area contributed by atoms with E-state index in [0.29, 0.717) is 18.4 Å². The molecule has 5 rings (SSSR count). The summed E-state index contributed by atoms with van der Waals surface area (Å²) in [6, 6.07) is 8.68. The maximum atomic E-state index is 13.1. The molecule has 1 saturated carbocycles. The Balaban J connectivity index is 1.33. The van der Waals surface area contributed by atoms with E-state index in [2.05, 4.69) is 54.0 Å². The van der Waals surface area contributed by atoms with Crippen LogP contribution in [-0.4, -0.2) is 64.7 Å². The number of benzene rings is 1. The van der Waals surface area contributed by atoms with Crippen molar-refractivity contribution in [2.75, 3.05) is 26.2 Å². The van der Waals surface area contributed by atoms with Crippen LogP contribution in [0.25, 0.3) is 0 Å². The van der Waals surface area contributed by atoms with Gasteiger partial charge >= 0.3 is 5.97 Å². The number of fused-ring (bicyclic) bond motifs is 4. The Morgan fingerprint density at radius 3 is 2.83 bits per heavy atom. The zero-order valence-electron chi connectivity index (χ0n) is 21.4. The van der Waals surface area contributed by atoms with Crippen molar-refractivity contribution in [3.63, 3.8) is 0 Å². The lowest BCUT2D eigenvalue weighted by Gasteiger charge is -2.53. The number of piperazine rings is 1. The van der Waals surface area contributed by atoms with Crippen LogP contribution in [0.2, 0.25) is 0 Å². The number of carbonyl (C=O) groups excluding carboxylic acids is 2. The number of amides is 1. The fourth-order valence-corrected chi connectivity index (χ4v) is 7.17. The van der Waals surface area contributed by atoms with E-state index >= 15 is 0 Å². The second kappa shape index (κ2) is 9.36. The van der Waals surface area contributed by atoms with E-state index in [4.69, 9.17) is 4.74 Å². The molecule has 2 unspecified atom stereocenters. The van der Waals surface area contributed by atoms with E-state index in [1.165, 1.54) is 18.1 Å². The summed E-state index contributed by atoms with van der Waals surface area (Å²) >= 11 is 0. The first-order chi connectivity index (χ1) is 16.7. The molecular formula is C29H39N2O4. The second-order valence-corrected chi connectivity index (χ2v) is 11.4. The summed E-state index contributed by atoms with van der Waals surface area (Å²) in [4.78, 5) is 29.1. The summed E-state index contributed by atoms with van der Waals surface area (Å²) in [6.07, 6.45) is 6.48. The Morgan fingerprint density at radius 1 is 1.29 bits per heavy atom. The van der Waals surface area contributed by atoms with E-state index in [-0.39, 0.29) is 29.8 Å². The van der Waals surface area contributed by atoms with Crippen LogP contribution < -0.4 is 0 Å². The molecule has 1 aromatic rings. The molecular weight excluding hydrogens is 440 g/mol. The van der Waals surface area contributed by atoms with Gasteiger partial charge < -0.3 is 14.7 Å². The molecule has 2 aliphatic heterocycles. The number of esters is 1. The minimum atomic E-state index is -0.992. The van der Waals surface area contributed by atoms with Crippen LogP contribution in [0, 0.1) is 30.1 Å². The number of hydrogen-bond donors (Lipinski definition) is 1. The van der Waals surface area contributed by atoms with Crippen molar-refractivity contribution >= 4 is 11.9 Å². The van der Waals surface area contributed by atoms with Gasteiger partial charge in [-0.1, -0.05) is 44.2 Å². The summed E-state index contributed by atoms with van der Waals surface area (Å²) in [5.74, 6) is 0.597. The minimum absolute atomic E-state index is 0.0135. The molecule has 2 aliphatic carbocycles. The lowest BCUT2D eigenvalue weighted by Crippen LogP contribution is -2.58. The molecule has 1 saturated heterocycles. The predicted molar refractivity (Wildman–Crippen MR) is 134 cm³/mol. The fourth-order valence-electron chi connectivity index (χ4n) is 7.17. The maximum absolute atomic E-state index is 13.1. The lowest BCUT2D eigenvalue weighted by atomic mass is 9.57. The average molecular weight is 480 g/mol. The molecule has 6 nitrogen and oxygen atoms in total. The average Bonchev–Trinajstić information content (AvgIpc) is 2.81. The Morgan fingerprint density at radius 2 is 2.06 bits per heavy atom. The molecule has 2 fully saturated rings. The van der Waals surface area contributed by atoms with Crippen LogP contribution in [0.5, 0.6) is 0 Å². The summed E-state index contributed by atoms with van der Waals surface area (Å²) in [6.45, 7) is 10.8. The van der Waals surface area contributed by atoms with Gasteiger partial charge in [-0.25, -0.2) is 0 Å². The molecule has 0 bridgehead atoms. The van der Waals surface area contributed by atoms with Gasteiger partial charge in [-0.15, -0.1) is 0 Å². The number of rotatable bonds is 4. The lowest BCUT2D eigenvalue weighted by molar-refractivity contribution is -0.149. The first kappa shape index (κ1) is 24.5. The molecule has 7 atom stereocenters. The number of nitrogens with zero attached hydrogens (tertiary/aromatic N) is 2. The molecule has 1 aromatic carbocycles. The number of ether oxygens (including phenoxy) is 1. The minimum Gasteiger partial charge on any atom is -0.458 e. The zero-order valence-corrected chi connectivity index (χ0v) is 21.4. The largest absolute Gasteiger partial charge is 0.458 e. The predicted octanol–water partition coefficient (Wildman–Crippen LogP) is 3.55. The van der Waals surface area contributed by atoms with Crippen molar-refractivity contribution in [3.05, 3.63) is 53.5 Å². The van der Waals surface area contributed by atoms with E-state index in [0.717, 1.165) is 44.5 Å². The second-order valence-electron chi connectivity index (χ2n) is 11.4. The van der Waals surface area contributed by atoms with Crippen molar-refractivity contribution in [2.24, 2.45) is 23.7 Å². The van der Waals surface area contributed by atoms with Crippen molar-refractivity contribution < 1.29 is 19.4 Å². The first-order valence-electron chi connectivity index (χ1n) is 13.2. The Bertz CT molecular complexity index is 1020. The monoisotopic (exact) mass is 479 g/mol. The smallest absolute Gasteiger partial charge is 0.303 e. The topological polar surface area (TPSA) is 70.1 Å². The summed E-state index contributed by atoms with van der Waals surface area (Å²) in [7, 11) is 0. The van der Waals surface area contributed by atoms with E-state index in [1.54, 1.807) is 0 Å². The molecule has 1 amide bonds. The van der Waals surface area contributed by atoms with Crippen molar-refractivity contribution in [2.45, 2.75) is 64.7 Å². The van der Waals surface area contributed by atoms with E-state index in [9.17, 15) is 14.7 Å². The van der Waals surface area contributed by atoms with Crippen LogP contribution in [0.4, 0.5) is 0 Å². The van der Waals surface area contributed by atoms with E-state index < -0.39 is 11.7 Å². The van der Waals surface area contributed by atoms with Crippen LogP contribution in [-0.2, 0) is 20.7 Å². The first-order valence-corrected chi connectivity index (χ1v) is 13.2. The third-order valence-electron chi connectivity index (χ3n) is 9.12. The molecule has 1 radical (unpaired) electrons. The van der Waals surface area contributed by atoms with E-state index in [1.807, 2.05) is 13.3 Å². The van der Waals surface area contributed by atoms with Crippen molar-refractivity contribution in [1.29, 1.82) is 0 Å². The number of aliphatic hydroxyl groups is 1. The van der Waals surface area contributed by atoms with Crippen LogP contribution in [0.15, 0.2) is 35.9 Å². The number of carbonyl (C=O) groups is 2. The highest BCUT2D eigenvalue weighted by Gasteiger charge is 2.53. The molecule has 2 heterocycles. The van der Waals surface area contributed by atoms with Gasteiger partial charge in [0.1, 0.15) is 6.10 Å². The quantitative estimate of drug-likeness (QED) is 0.528. The zero-order chi connectivity index (χ0) is 24.9. The highest BCUT2D eigenvalue weighted by atomic mass is 16.5. The summed E-state index contributed by atoms with van der Waals surface area (Å²) < 4.78 is 5.50. The highest BCUT2D eigenvalue weighted by molar-refractivity contribution is 5.80. The van der Waals surface area contributed by atoms with Gasteiger partial charge in [0.25, 0.3) is 0 Å². The third-order valence-corrected chi connectivity index (χ3v) is 9.12. The van der Waals surface area contributed by atoms with Gasteiger partial charge in [0.05, 0.1) is 18.2 Å². The molecule has 189 valence electrons. The highest BCUT2D eigenvalue weighted by Crippen LogP contribution is 2.51. The van der Waals surface area contributed by atoms with Crippen molar-refractivity contribution in [3.8, 4) is 0 Å². The molecule has 6 heteroatoms. The van der Waals surface area contributed by atoms with Crippen LogP contribution >= 0.6 is 0 Å². The molecule has 0 aromatic heterocycles. The van der Waals surface area contributed by atoms with Gasteiger partial charge in [-0.05, 0) is 60.6 Å². The Hall–Kier alpha value is -2.18. The van der Waals surface area contributed by atoms with Crippen LogP contribution in [0.3, 0.4) is 0 Å². The fraction of sp³-hybridized carbons (Fsp3) is 0.621. The maximum Gasteiger partial charge on any atom is 0.303 e. The van der Waals surface area contributed by atoms with Gasteiger partial charge in [0.15, 0.2) is 0 Å². The van der Waals surface area contributed by atoms with Crippen molar-refractivity contribution in [1.82, 2.24) is 9.80 Å². The third kappa shape index (κ3) is 4.44. The molecule has 4 aliphatic rings. The number of hydrogen-bond acceptors (Lipinski definition) is 5. The standard InChI is InChI=1S/C29H39N2O4/c1-18-13-25-23(10-9-20(3)29(25,34)14-27(18)35-21(4)32)19(2)15-30-16-26-24-8-6-5-7-22(24)11-12-31(26)28(33)17-30/h5-8,13-14,19-20,23,25-27,34H,9-12,15-17H2,1-4H3/t19?,20-,23+,25-,26?,27-,29-/m1/s1. The van der Waals surface area contributed by atoms with Gasteiger partial charge in [-0.2, -0.15) is 0 Å². The summed E-state index contributed by atoms with van der Waals surface area (Å²) in [5, 5.41) is 11.8. The molecule has 35 heavy (non-hydrogen) atoms.